The number of anilines is 3. The van der Waals surface area contributed by atoms with Gasteiger partial charge in [0.25, 0.3) is 0 Å². The molecule has 16 heteroatoms. The third-order valence-electron chi connectivity index (χ3n) is 12.5. The zero-order valence-corrected chi connectivity index (χ0v) is 38.8. The first-order valence-corrected chi connectivity index (χ1v) is 24.4. The van der Waals surface area contributed by atoms with E-state index in [1.807, 2.05) is 49.8 Å². The summed E-state index contributed by atoms with van der Waals surface area (Å²) < 4.78 is 19.1. The summed E-state index contributed by atoms with van der Waals surface area (Å²) in [7, 11) is -1.27. The minimum atomic E-state index is -1.27. The first-order chi connectivity index (χ1) is 29.8. The van der Waals surface area contributed by atoms with Gasteiger partial charge in [0.05, 0.1) is 21.6 Å². The standard InChI is InChI=1S/C46H48ClN7O5S2.Mo/c1-46(2)22-32(50-31-7-5-6-30(20-31)43-41(47)42(56)44(60-43)45(57)58)16-19-54(46)61(59)27-28-23-48-39-21-34(26-53(39)25-28)52-17-14-29(15-18-52)35-11-12-38(37-9-4-3-8-36(35)37)51-33-10-13-40(55)49-24-33;/h3-9,11-12,20-21,23,25-26,29,32-33,50-51,56H,10,13-19,22,27H2,1-2H3,(H,49,55)(H,57,58);. The Morgan fingerprint density at radius 1 is 1.02 bits per heavy atom. The second-order valence-corrected chi connectivity index (χ2v) is 21.0. The molecule has 3 aromatic carbocycles. The molecule has 3 aromatic heterocycles. The van der Waals surface area contributed by atoms with Crippen molar-refractivity contribution in [1.82, 2.24) is 19.0 Å². The Morgan fingerprint density at radius 3 is 2.55 bits per heavy atom. The first-order valence-electron chi connectivity index (χ1n) is 20.9. The van der Waals surface area contributed by atoms with Crippen molar-refractivity contribution in [3.63, 3.8) is 0 Å². The fourth-order valence-electron chi connectivity index (χ4n) is 9.36. The number of carbonyl (C=O) groups is 2. The molecule has 0 saturated carbocycles. The van der Waals surface area contributed by atoms with Gasteiger partial charge in [-0.1, -0.05) is 23.7 Å². The van der Waals surface area contributed by atoms with Crippen LogP contribution in [0, 0.1) is 0 Å². The van der Waals surface area contributed by atoms with E-state index < -0.39 is 22.7 Å². The van der Waals surface area contributed by atoms with E-state index in [-0.39, 0.29) is 33.4 Å². The van der Waals surface area contributed by atoms with Crippen LogP contribution in [0.2, 0.25) is 5.02 Å². The van der Waals surface area contributed by atoms with Gasteiger partial charge in [0, 0.05) is 54.0 Å². The van der Waals surface area contributed by atoms with E-state index in [0.717, 1.165) is 94.4 Å². The topological polar surface area (TPSA) is 152 Å². The number of carbonyl (C=O) groups excluding carboxylic acids is 1. The number of amides is 1. The van der Waals surface area contributed by atoms with Crippen molar-refractivity contribution in [2.75, 3.05) is 35.2 Å². The molecule has 0 spiro atoms. The van der Waals surface area contributed by atoms with Gasteiger partial charge in [-0.05, 0) is 44.4 Å². The molecule has 12 nitrogen and oxygen atoms in total. The van der Waals surface area contributed by atoms with Crippen molar-refractivity contribution in [1.29, 1.82) is 0 Å². The van der Waals surface area contributed by atoms with E-state index in [0.29, 0.717) is 29.5 Å². The molecule has 322 valence electrons. The maximum absolute atomic E-state index is 14.0. The number of aromatic carboxylic acids is 1. The Labute approximate surface area is 382 Å². The van der Waals surface area contributed by atoms with E-state index in [2.05, 4.69) is 98.3 Å². The van der Waals surface area contributed by atoms with Gasteiger partial charge >= 0.3 is 170 Å². The van der Waals surface area contributed by atoms with Crippen LogP contribution < -0.4 is 20.9 Å². The Kier molecular flexibility index (Phi) is 12.1. The van der Waals surface area contributed by atoms with Crippen molar-refractivity contribution < 1.29 is 43.4 Å². The molecular weight excluding hydrogens is 926 g/mol. The SMILES string of the molecule is CC1(C)CC(Nc2cccc(-c3sc(C(=O)O)c(O)c3Cl)c2)CCN1S(=O)Cc1cnc2cc(N3CCC(c4ccc(NC5CCC(=O)N[C]5=[Mo])c5ccccc45)CC3)cn2c1. The van der Waals surface area contributed by atoms with Crippen LogP contribution in [0.3, 0.4) is 0 Å². The molecule has 0 bridgehead atoms. The number of nitrogens with one attached hydrogen (secondary N) is 3. The molecular formula is C46H48ClMoN7O5S2. The molecule has 6 aromatic rings. The molecule has 1 amide bonds. The molecule has 6 heterocycles. The number of benzene rings is 3. The summed E-state index contributed by atoms with van der Waals surface area (Å²) in [6.45, 7) is 6.80. The van der Waals surface area contributed by atoms with Gasteiger partial charge in [0.1, 0.15) is 10.7 Å². The zero-order chi connectivity index (χ0) is 43.3. The molecule has 62 heavy (non-hydrogen) atoms. The second kappa shape index (κ2) is 17.5. The van der Waals surface area contributed by atoms with Gasteiger partial charge in [-0.15, -0.1) is 11.3 Å². The van der Waals surface area contributed by atoms with E-state index in [9.17, 15) is 24.0 Å². The number of aromatic hydroxyl groups is 1. The second-order valence-electron chi connectivity index (χ2n) is 17.1. The summed E-state index contributed by atoms with van der Waals surface area (Å²) in [6, 6.07) is 23.2. The normalized spacial score (nSPS) is 20.3. The number of hydrogen-bond acceptors (Lipinski definition) is 9. The number of nitrogens with zero attached hydrogens (tertiary/aromatic N) is 4. The Hall–Kier alpha value is -4.59. The number of halogens is 1. The van der Waals surface area contributed by atoms with Gasteiger partial charge in [-0.25, -0.2) is 18.3 Å². The predicted molar refractivity (Wildman–Crippen MR) is 246 cm³/mol. The van der Waals surface area contributed by atoms with Crippen molar-refractivity contribution in [2.45, 2.75) is 81.7 Å². The van der Waals surface area contributed by atoms with Crippen LogP contribution in [0.25, 0.3) is 26.9 Å². The number of fused-ring (bicyclic) bond motifs is 2. The monoisotopic (exact) mass is 975 g/mol. The Morgan fingerprint density at radius 2 is 1.81 bits per heavy atom. The third-order valence-corrected chi connectivity index (χ3v) is 16.9. The van der Waals surface area contributed by atoms with Gasteiger partial charge in [0.2, 0.25) is 0 Å². The summed E-state index contributed by atoms with van der Waals surface area (Å²) >= 11 is 9.19. The molecule has 0 radical (unpaired) electrons. The third kappa shape index (κ3) is 8.69. The van der Waals surface area contributed by atoms with Crippen LogP contribution in [-0.2, 0) is 40.9 Å². The minimum Gasteiger partial charge on any atom is -0.306 e. The van der Waals surface area contributed by atoms with Crippen LogP contribution in [0.5, 0.6) is 5.75 Å². The van der Waals surface area contributed by atoms with Crippen molar-refractivity contribution in [2.24, 2.45) is 0 Å². The molecule has 9 rings (SSSR count). The van der Waals surface area contributed by atoms with Gasteiger partial charge in [-0.2, -0.15) is 0 Å². The van der Waals surface area contributed by atoms with Crippen LogP contribution >= 0.6 is 22.9 Å². The van der Waals surface area contributed by atoms with Gasteiger partial charge < -0.3 is 19.9 Å². The van der Waals surface area contributed by atoms with Crippen LogP contribution in [-0.4, -0.2) is 81.3 Å². The fraction of sp³-hybridized carbons (Fsp3) is 0.348. The zero-order valence-electron chi connectivity index (χ0n) is 34.4. The minimum absolute atomic E-state index is 0.0361. The number of carboxylic acids is 1. The quantitative estimate of drug-likeness (QED) is 0.0805. The van der Waals surface area contributed by atoms with E-state index in [4.69, 9.17) is 16.6 Å². The van der Waals surface area contributed by atoms with Crippen molar-refractivity contribution in [3.8, 4) is 16.2 Å². The number of rotatable bonds is 11. The number of thiophene rings is 1. The number of hydrogen-bond donors (Lipinski definition) is 5. The number of piperidine rings is 3. The Balaban J connectivity index is 0.810. The summed E-state index contributed by atoms with van der Waals surface area (Å²) in [5.74, 6) is -0.718. The molecule has 3 fully saturated rings. The van der Waals surface area contributed by atoms with Crippen molar-refractivity contribution in [3.05, 3.63) is 106 Å². The summed E-state index contributed by atoms with van der Waals surface area (Å²) in [4.78, 5) is 31.0. The largest absolute Gasteiger partial charge is 0.306 e. The fourth-order valence-corrected chi connectivity index (χ4v) is 12.9. The van der Waals surface area contributed by atoms with E-state index >= 15 is 0 Å². The predicted octanol–water partition coefficient (Wildman–Crippen LogP) is 8.54. The molecule has 3 atom stereocenters. The molecule has 3 saturated heterocycles. The maximum atomic E-state index is 14.0. The average Bonchev–Trinajstić information content (AvgIpc) is 3.81. The van der Waals surface area contributed by atoms with E-state index in [1.165, 1.54) is 16.3 Å². The molecule has 3 unspecified atom stereocenters. The molecule has 3 aliphatic heterocycles. The van der Waals surface area contributed by atoms with Gasteiger partial charge in [-0.3, -0.25) is 0 Å². The maximum Gasteiger partial charge on any atom is 0.0338 e. The molecule has 0 aliphatic carbocycles. The van der Waals surface area contributed by atoms with Gasteiger partial charge in [0.15, 0.2) is 10.6 Å². The van der Waals surface area contributed by atoms with Crippen molar-refractivity contribution >= 4 is 83.3 Å². The number of carboxylic acid groups (broad SMARTS) is 1. The van der Waals surface area contributed by atoms with Crippen LogP contribution in [0.15, 0.2) is 85.3 Å². The summed E-state index contributed by atoms with van der Waals surface area (Å²) in [6.07, 6.45) is 11.0. The van der Waals surface area contributed by atoms with Crippen LogP contribution in [0.1, 0.15) is 79.1 Å². The summed E-state index contributed by atoms with van der Waals surface area (Å²) in [5, 5.41) is 32.6. The molecule has 3 aliphatic rings. The van der Waals surface area contributed by atoms with E-state index in [1.54, 1.807) is 0 Å². The smallest absolute Gasteiger partial charge is 0.0338 e. The Bertz CT molecular complexity index is 2750. The molecule has 5 N–H and O–H groups in total. The number of aromatic nitrogens is 2. The first kappa shape index (κ1) is 42.7. The summed E-state index contributed by atoms with van der Waals surface area (Å²) in [5.41, 5.74) is 6.66. The average molecular weight is 974 g/mol. The van der Waals surface area contributed by atoms with Crippen LogP contribution in [0.4, 0.5) is 17.1 Å².